The van der Waals surface area contributed by atoms with Gasteiger partial charge in [0.15, 0.2) is 0 Å². The van der Waals surface area contributed by atoms with E-state index < -0.39 is 22.9 Å². The van der Waals surface area contributed by atoms with E-state index in [0.29, 0.717) is 40.5 Å². The number of benzene rings is 1. The number of carbonyl (C=O) groups is 2. The standard InChI is InChI=1S/C25H32N2O8/c1-15-21(24(28)32-3)23(22(16(2)26-15)25(29)33-4)19-7-5-6-8-20(19)34-13-17-9-11-18(12-10-17)14-35-27(30)31/h5-8,17-18,23,26H,9-14H2,1-4H3. The van der Waals surface area contributed by atoms with Crippen molar-refractivity contribution in [1.82, 2.24) is 5.32 Å². The molecule has 1 fully saturated rings. The van der Waals surface area contributed by atoms with E-state index in [9.17, 15) is 19.7 Å². The fraction of sp³-hybridized carbons (Fsp3) is 0.520. The Labute approximate surface area is 204 Å². The van der Waals surface area contributed by atoms with Crippen LogP contribution in [0.3, 0.4) is 0 Å². The molecule has 10 nitrogen and oxygen atoms in total. The van der Waals surface area contributed by atoms with Crippen molar-refractivity contribution in [2.24, 2.45) is 11.8 Å². The van der Waals surface area contributed by atoms with Crippen LogP contribution < -0.4 is 10.1 Å². The number of carbonyl (C=O) groups excluding carboxylic acids is 2. The third-order valence-electron chi connectivity index (χ3n) is 6.66. The molecular formula is C25H32N2O8. The van der Waals surface area contributed by atoms with Gasteiger partial charge in [-0.3, -0.25) is 0 Å². The molecule has 0 radical (unpaired) electrons. The van der Waals surface area contributed by atoms with E-state index in [1.807, 2.05) is 24.3 Å². The van der Waals surface area contributed by atoms with Gasteiger partial charge in [0.05, 0.1) is 44.5 Å². The predicted octanol–water partition coefficient (Wildman–Crippen LogP) is 3.66. The third kappa shape index (κ3) is 6.12. The van der Waals surface area contributed by atoms with Crippen LogP contribution in [0.15, 0.2) is 46.8 Å². The van der Waals surface area contributed by atoms with Crippen LogP contribution in [0.4, 0.5) is 0 Å². The molecule has 0 atom stereocenters. The van der Waals surface area contributed by atoms with Crippen molar-refractivity contribution in [3.8, 4) is 5.75 Å². The quantitative estimate of drug-likeness (QED) is 0.315. The molecule has 1 heterocycles. The van der Waals surface area contributed by atoms with E-state index in [1.54, 1.807) is 13.8 Å². The number of rotatable bonds is 9. The van der Waals surface area contributed by atoms with Crippen molar-refractivity contribution in [2.45, 2.75) is 45.4 Å². The molecule has 1 aliphatic heterocycles. The zero-order chi connectivity index (χ0) is 25.5. The summed E-state index contributed by atoms with van der Waals surface area (Å²) in [6, 6.07) is 7.33. The second-order valence-electron chi connectivity index (χ2n) is 8.87. The Bertz CT molecular complexity index is 986. The highest BCUT2D eigenvalue weighted by atomic mass is 16.9. The number of allylic oxidation sites excluding steroid dienone is 2. The SMILES string of the molecule is COC(=O)C1=C(C)NC(C)=C(C(=O)OC)C1c1ccccc1OCC1CCC(CO[N+](=O)[O-])CC1. The molecule has 0 saturated heterocycles. The molecule has 1 aromatic carbocycles. The first-order valence-corrected chi connectivity index (χ1v) is 11.6. The largest absolute Gasteiger partial charge is 0.493 e. The Morgan fingerprint density at radius 1 is 0.943 bits per heavy atom. The summed E-state index contributed by atoms with van der Waals surface area (Å²) in [6.07, 6.45) is 3.42. The number of para-hydroxylation sites is 1. The molecular weight excluding hydrogens is 456 g/mol. The normalized spacial score (nSPS) is 20.7. The second-order valence-corrected chi connectivity index (χ2v) is 8.87. The van der Waals surface area contributed by atoms with Gasteiger partial charge in [0.1, 0.15) is 5.75 Å². The van der Waals surface area contributed by atoms with Crippen molar-refractivity contribution in [2.75, 3.05) is 27.4 Å². The van der Waals surface area contributed by atoms with E-state index in [0.717, 1.165) is 25.7 Å². The Morgan fingerprint density at radius 2 is 1.46 bits per heavy atom. The van der Waals surface area contributed by atoms with Crippen molar-refractivity contribution >= 4 is 11.9 Å². The number of methoxy groups -OCH3 is 2. The van der Waals surface area contributed by atoms with Gasteiger partial charge in [-0.25, -0.2) is 9.59 Å². The number of hydrogen-bond acceptors (Lipinski definition) is 9. The summed E-state index contributed by atoms with van der Waals surface area (Å²) >= 11 is 0. The zero-order valence-corrected chi connectivity index (χ0v) is 20.5. The molecule has 0 unspecified atom stereocenters. The van der Waals surface area contributed by atoms with Crippen LogP contribution in [0.25, 0.3) is 0 Å². The lowest BCUT2D eigenvalue weighted by atomic mass is 9.80. The van der Waals surface area contributed by atoms with Gasteiger partial charge < -0.3 is 24.4 Å². The van der Waals surface area contributed by atoms with Gasteiger partial charge in [-0.15, -0.1) is 10.1 Å². The average molecular weight is 489 g/mol. The summed E-state index contributed by atoms with van der Waals surface area (Å²) < 4.78 is 16.3. The van der Waals surface area contributed by atoms with Gasteiger partial charge in [0.2, 0.25) is 0 Å². The number of dihydropyridines is 1. The highest BCUT2D eigenvalue weighted by Crippen LogP contribution is 2.43. The Kier molecular flexibility index (Phi) is 8.73. The number of hydrogen-bond donors (Lipinski definition) is 1. The summed E-state index contributed by atoms with van der Waals surface area (Å²) in [5.41, 5.74) is 2.50. The van der Waals surface area contributed by atoms with Gasteiger partial charge in [0, 0.05) is 17.0 Å². The van der Waals surface area contributed by atoms with Crippen LogP contribution in [-0.4, -0.2) is 44.5 Å². The van der Waals surface area contributed by atoms with Crippen molar-refractivity contribution in [1.29, 1.82) is 0 Å². The Morgan fingerprint density at radius 3 is 1.97 bits per heavy atom. The van der Waals surface area contributed by atoms with Gasteiger partial charge >= 0.3 is 11.9 Å². The van der Waals surface area contributed by atoms with Gasteiger partial charge in [-0.2, -0.15) is 0 Å². The number of esters is 2. The lowest BCUT2D eigenvalue weighted by Gasteiger charge is -2.31. The van der Waals surface area contributed by atoms with Crippen LogP contribution >= 0.6 is 0 Å². The van der Waals surface area contributed by atoms with Gasteiger partial charge in [-0.1, -0.05) is 18.2 Å². The molecule has 3 rings (SSSR count). The fourth-order valence-corrected chi connectivity index (χ4v) is 4.86. The fourth-order valence-electron chi connectivity index (χ4n) is 4.86. The zero-order valence-electron chi connectivity index (χ0n) is 20.5. The van der Waals surface area contributed by atoms with Crippen LogP contribution in [0.5, 0.6) is 5.75 Å². The summed E-state index contributed by atoms with van der Waals surface area (Å²) in [4.78, 5) is 40.5. The Hall–Kier alpha value is -3.56. The summed E-state index contributed by atoms with van der Waals surface area (Å²) in [7, 11) is 2.61. The average Bonchev–Trinajstić information content (AvgIpc) is 2.85. The Balaban J connectivity index is 1.83. The summed E-state index contributed by atoms with van der Waals surface area (Å²) in [6.45, 7) is 4.11. The van der Waals surface area contributed by atoms with Gasteiger partial charge in [0.25, 0.3) is 5.09 Å². The molecule has 10 heteroatoms. The van der Waals surface area contributed by atoms with Crippen LogP contribution in [0, 0.1) is 22.0 Å². The smallest absolute Gasteiger partial charge is 0.336 e. The van der Waals surface area contributed by atoms with E-state index in [4.69, 9.17) is 14.2 Å². The molecule has 0 spiro atoms. The molecule has 0 bridgehead atoms. The molecule has 2 aliphatic rings. The number of nitrogens with zero attached hydrogens (tertiary/aromatic N) is 1. The van der Waals surface area contributed by atoms with Crippen molar-refractivity contribution in [3.63, 3.8) is 0 Å². The highest BCUT2D eigenvalue weighted by molar-refractivity contribution is 6.00. The molecule has 0 aromatic heterocycles. The minimum Gasteiger partial charge on any atom is -0.493 e. The second kappa shape index (κ2) is 11.7. The predicted molar refractivity (Wildman–Crippen MR) is 126 cm³/mol. The first kappa shape index (κ1) is 26.1. The molecule has 1 aromatic rings. The maximum Gasteiger partial charge on any atom is 0.336 e. The van der Waals surface area contributed by atoms with E-state index >= 15 is 0 Å². The minimum absolute atomic E-state index is 0.128. The molecule has 35 heavy (non-hydrogen) atoms. The maximum absolute atomic E-state index is 12.8. The summed E-state index contributed by atoms with van der Waals surface area (Å²) in [5, 5.41) is 12.8. The lowest BCUT2D eigenvalue weighted by molar-refractivity contribution is -0.759. The molecule has 190 valence electrons. The molecule has 0 amide bonds. The van der Waals surface area contributed by atoms with Crippen LogP contribution in [0.2, 0.25) is 0 Å². The summed E-state index contributed by atoms with van der Waals surface area (Å²) in [5.74, 6) is -0.773. The van der Waals surface area contributed by atoms with E-state index in [2.05, 4.69) is 10.2 Å². The first-order valence-electron chi connectivity index (χ1n) is 11.6. The van der Waals surface area contributed by atoms with Crippen molar-refractivity contribution in [3.05, 3.63) is 62.5 Å². The molecule has 1 saturated carbocycles. The monoisotopic (exact) mass is 488 g/mol. The van der Waals surface area contributed by atoms with Crippen molar-refractivity contribution < 1.29 is 33.7 Å². The van der Waals surface area contributed by atoms with Gasteiger partial charge in [-0.05, 0) is 57.4 Å². The van der Waals surface area contributed by atoms with Crippen LogP contribution in [0.1, 0.15) is 51.0 Å². The topological polar surface area (TPSA) is 126 Å². The molecule has 1 N–H and O–H groups in total. The van der Waals surface area contributed by atoms with E-state index in [1.165, 1.54) is 14.2 Å². The van der Waals surface area contributed by atoms with E-state index in [-0.39, 0.29) is 18.4 Å². The number of ether oxygens (including phenoxy) is 3. The lowest BCUT2D eigenvalue weighted by Crippen LogP contribution is -2.32. The highest BCUT2D eigenvalue weighted by Gasteiger charge is 2.39. The minimum atomic E-state index is -0.746. The molecule has 1 aliphatic carbocycles. The first-order chi connectivity index (χ1) is 16.8. The third-order valence-corrected chi connectivity index (χ3v) is 6.66. The maximum atomic E-state index is 12.8. The van der Waals surface area contributed by atoms with Crippen LogP contribution in [-0.2, 0) is 23.9 Å². The number of nitrogens with one attached hydrogen (secondary N) is 1.